The molecule has 0 saturated carbocycles. The number of nitrogens with one attached hydrogen (secondary N) is 1. The number of anilines is 1. The standard InChI is InChI=1S/C20H21ClN2O3/c1-14-15(20(25)23-11-4-5-12-23)7-6-9-17(14)22-19(24)13-26-18-10-3-2-8-16(18)21/h2-3,6-10H,4-5,11-13H2,1H3,(H,22,24). The number of hydrogen-bond acceptors (Lipinski definition) is 3. The fourth-order valence-electron chi connectivity index (χ4n) is 2.98. The predicted molar refractivity (Wildman–Crippen MR) is 102 cm³/mol. The molecule has 0 atom stereocenters. The van der Waals surface area contributed by atoms with Gasteiger partial charge in [0.15, 0.2) is 6.61 Å². The summed E-state index contributed by atoms with van der Waals surface area (Å²) in [5.74, 6) is 0.168. The van der Waals surface area contributed by atoms with Gasteiger partial charge < -0.3 is 15.0 Å². The second-order valence-electron chi connectivity index (χ2n) is 6.24. The summed E-state index contributed by atoms with van der Waals surface area (Å²) in [7, 11) is 0. The van der Waals surface area contributed by atoms with E-state index < -0.39 is 0 Å². The normalized spacial score (nSPS) is 13.5. The number of ether oxygens (including phenoxy) is 1. The maximum atomic E-state index is 12.6. The molecule has 1 aliphatic heterocycles. The first-order valence-corrected chi connectivity index (χ1v) is 9.00. The first-order valence-electron chi connectivity index (χ1n) is 8.62. The van der Waals surface area contributed by atoms with Gasteiger partial charge in [0.2, 0.25) is 0 Å². The van der Waals surface area contributed by atoms with Gasteiger partial charge in [-0.3, -0.25) is 9.59 Å². The molecule has 5 nitrogen and oxygen atoms in total. The monoisotopic (exact) mass is 372 g/mol. The van der Waals surface area contributed by atoms with Crippen molar-refractivity contribution >= 4 is 29.1 Å². The minimum absolute atomic E-state index is 0.0171. The zero-order chi connectivity index (χ0) is 18.5. The minimum atomic E-state index is -0.307. The van der Waals surface area contributed by atoms with E-state index in [1.165, 1.54) is 0 Å². The molecule has 0 spiro atoms. The highest BCUT2D eigenvalue weighted by Crippen LogP contribution is 2.24. The average molecular weight is 373 g/mol. The van der Waals surface area contributed by atoms with E-state index >= 15 is 0 Å². The molecule has 2 aromatic rings. The largest absolute Gasteiger partial charge is 0.482 e. The van der Waals surface area contributed by atoms with Crippen LogP contribution in [0.5, 0.6) is 5.75 Å². The number of rotatable bonds is 5. The summed E-state index contributed by atoms with van der Waals surface area (Å²) in [4.78, 5) is 26.7. The van der Waals surface area contributed by atoms with E-state index in [1.54, 1.807) is 42.5 Å². The topological polar surface area (TPSA) is 58.6 Å². The molecule has 3 rings (SSSR count). The zero-order valence-corrected chi connectivity index (χ0v) is 15.4. The molecule has 0 aliphatic carbocycles. The lowest BCUT2D eigenvalue weighted by Gasteiger charge is -2.18. The summed E-state index contributed by atoms with van der Waals surface area (Å²) in [6, 6.07) is 12.3. The lowest BCUT2D eigenvalue weighted by molar-refractivity contribution is -0.118. The van der Waals surface area contributed by atoms with Crippen molar-refractivity contribution in [1.82, 2.24) is 4.90 Å². The number of amides is 2. The van der Waals surface area contributed by atoms with Crippen LogP contribution in [0.2, 0.25) is 5.02 Å². The van der Waals surface area contributed by atoms with Crippen molar-refractivity contribution in [2.24, 2.45) is 0 Å². The molecule has 0 unspecified atom stereocenters. The lowest BCUT2D eigenvalue weighted by Crippen LogP contribution is -2.28. The third-order valence-electron chi connectivity index (χ3n) is 4.43. The molecule has 6 heteroatoms. The molecule has 1 fully saturated rings. The van der Waals surface area contributed by atoms with E-state index in [4.69, 9.17) is 16.3 Å². The number of carbonyl (C=O) groups is 2. The summed E-state index contributed by atoms with van der Waals surface area (Å²) in [5.41, 5.74) is 2.00. The van der Waals surface area contributed by atoms with E-state index in [-0.39, 0.29) is 18.4 Å². The third-order valence-corrected chi connectivity index (χ3v) is 4.74. The number of para-hydroxylation sites is 1. The number of carbonyl (C=O) groups excluding carboxylic acids is 2. The van der Waals surface area contributed by atoms with Gasteiger partial charge in [0, 0.05) is 24.3 Å². The first-order chi connectivity index (χ1) is 12.6. The molecule has 1 aliphatic rings. The molecule has 1 heterocycles. The van der Waals surface area contributed by atoms with Crippen LogP contribution < -0.4 is 10.1 Å². The molecule has 26 heavy (non-hydrogen) atoms. The molecule has 1 N–H and O–H groups in total. The first kappa shape index (κ1) is 18.3. The van der Waals surface area contributed by atoms with Gasteiger partial charge in [-0.2, -0.15) is 0 Å². The quantitative estimate of drug-likeness (QED) is 0.865. The summed E-state index contributed by atoms with van der Waals surface area (Å²) < 4.78 is 5.45. The number of nitrogens with zero attached hydrogens (tertiary/aromatic N) is 1. The Kier molecular flexibility index (Phi) is 5.78. The molecule has 0 radical (unpaired) electrons. The molecular formula is C20H21ClN2O3. The number of likely N-dealkylation sites (tertiary alicyclic amines) is 1. The Balaban J connectivity index is 1.66. The van der Waals surface area contributed by atoms with E-state index in [1.807, 2.05) is 11.8 Å². The number of halogens is 1. The summed E-state index contributed by atoms with van der Waals surface area (Å²) in [5, 5.41) is 3.26. The molecule has 136 valence electrons. The van der Waals surface area contributed by atoms with Crippen LogP contribution in [-0.2, 0) is 4.79 Å². The smallest absolute Gasteiger partial charge is 0.262 e. The summed E-state index contributed by atoms with van der Waals surface area (Å²) in [6.07, 6.45) is 2.08. The maximum Gasteiger partial charge on any atom is 0.262 e. The van der Waals surface area contributed by atoms with Crippen LogP contribution in [0.4, 0.5) is 5.69 Å². The van der Waals surface area contributed by atoms with Gasteiger partial charge in [0.1, 0.15) is 5.75 Å². The average Bonchev–Trinajstić information content (AvgIpc) is 3.17. The van der Waals surface area contributed by atoms with Crippen molar-refractivity contribution in [3.05, 3.63) is 58.6 Å². The van der Waals surface area contributed by atoms with Gasteiger partial charge in [0.05, 0.1) is 5.02 Å². The predicted octanol–water partition coefficient (Wildman–Crippen LogP) is 3.90. The SMILES string of the molecule is Cc1c(NC(=O)COc2ccccc2Cl)cccc1C(=O)N1CCCC1. The zero-order valence-electron chi connectivity index (χ0n) is 14.6. The fraction of sp³-hybridized carbons (Fsp3) is 0.300. The fourth-order valence-corrected chi connectivity index (χ4v) is 3.17. The lowest BCUT2D eigenvalue weighted by atomic mass is 10.1. The van der Waals surface area contributed by atoms with Gasteiger partial charge in [-0.1, -0.05) is 29.8 Å². The van der Waals surface area contributed by atoms with Crippen LogP contribution in [0, 0.1) is 6.92 Å². The van der Waals surface area contributed by atoms with Crippen molar-refractivity contribution in [2.45, 2.75) is 19.8 Å². The van der Waals surface area contributed by atoms with Gasteiger partial charge in [-0.25, -0.2) is 0 Å². The maximum absolute atomic E-state index is 12.6. The third kappa shape index (κ3) is 4.17. The van der Waals surface area contributed by atoms with Crippen molar-refractivity contribution in [2.75, 3.05) is 25.0 Å². The van der Waals surface area contributed by atoms with E-state index in [9.17, 15) is 9.59 Å². The van der Waals surface area contributed by atoms with Crippen LogP contribution >= 0.6 is 11.6 Å². The number of benzene rings is 2. The molecule has 0 aromatic heterocycles. The minimum Gasteiger partial charge on any atom is -0.482 e. The van der Waals surface area contributed by atoms with Crippen LogP contribution in [0.25, 0.3) is 0 Å². The Hall–Kier alpha value is -2.53. The van der Waals surface area contributed by atoms with E-state index in [0.29, 0.717) is 22.0 Å². The summed E-state index contributed by atoms with van der Waals surface area (Å²) >= 11 is 6.01. The van der Waals surface area contributed by atoms with Gasteiger partial charge in [-0.15, -0.1) is 0 Å². The molecule has 0 bridgehead atoms. The van der Waals surface area contributed by atoms with Crippen LogP contribution in [0.3, 0.4) is 0 Å². The highest BCUT2D eigenvalue weighted by atomic mass is 35.5. The van der Waals surface area contributed by atoms with Gasteiger partial charge >= 0.3 is 0 Å². The Labute approximate surface area is 157 Å². The van der Waals surface area contributed by atoms with Crippen molar-refractivity contribution < 1.29 is 14.3 Å². The molecular weight excluding hydrogens is 352 g/mol. The summed E-state index contributed by atoms with van der Waals surface area (Å²) in [6.45, 7) is 3.27. The Morgan fingerprint density at radius 2 is 1.85 bits per heavy atom. The highest BCUT2D eigenvalue weighted by molar-refractivity contribution is 6.32. The second kappa shape index (κ2) is 8.23. The molecule has 1 saturated heterocycles. The Morgan fingerprint density at radius 1 is 1.12 bits per heavy atom. The van der Waals surface area contributed by atoms with Crippen molar-refractivity contribution in [1.29, 1.82) is 0 Å². The Bertz CT molecular complexity index is 816. The van der Waals surface area contributed by atoms with E-state index in [0.717, 1.165) is 31.5 Å². The van der Waals surface area contributed by atoms with E-state index in [2.05, 4.69) is 5.32 Å². The van der Waals surface area contributed by atoms with Crippen LogP contribution in [0.15, 0.2) is 42.5 Å². The second-order valence-corrected chi connectivity index (χ2v) is 6.65. The molecule has 2 amide bonds. The van der Waals surface area contributed by atoms with Gasteiger partial charge in [0.25, 0.3) is 11.8 Å². The van der Waals surface area contributed by atoms with Crippen molar-refractivity contribution in [3.63, 3.8) is 0 Å². The van der Waals surface area contributed by atoms with Crippen LogP contribution in [0.1, 0.15) is 28.8 Å². The molecule has 2 aromatic carbocycles. The van der Waals surface area contributed by atoms with Crippen molar-refractivity contribution in [3.8, 4) is 5.75 Å². The Morgan fingerprint density at radius 3 is 2.58 bits per heavy atom. The van der Waals surface area contributed by atoms with Crippen LogP contribution in [-0.4, -0.2) is 36.4 Å². The number of hydrogen-bond donors (Lipinski definition) is 1. The highest BCUT2D eigenvalue weighted by Gasteiger charge is 2.22. The van der Waals surface area contributed by atoms with Gasteiger partial charge in [-0.05, 0) is 49.6 Å².